The van der Waals surface area contributed by atoms with Crippen LogP contribution in [0.1, 0.15) is 20.3 Å². The Morgan fingerprint density at radius 2 is 2.27 bits per heavy atom. The zero-order valence-corrected chi connectivity index (χ0v) is 9.88. The van der Waals surface area contributed by atoms with Crippen molar-refractivity contribution in [3.8, 4) is 0 Å². The van der Waals surface area contributed by atoms with E-state index in [0.717, 1.165) is 19.0 Å². The Bertz CT molecular complexity index is 196. The molecule has 0 saturated carbocycles. The lowest BCUT2D eigenvalue weighted by Gasteiger charge is -2.13. The second kappa shape index (κ2) is 6.80. The molecule has 4 nitrogen and oxygen atoms in total. The average molecular weight is 213 g/mol. The van der Waals surface area contributed by atoms with Gasteiger partial charge in [-0.2, -0.15) is 0 Å². The maximum Gasteiger partial charge on any atom is 0.233 e. The van der Waals surface area contributed by atoms with Crippen molar-refractivity contribution in [1.82, 2.24) is 15.5 Å². The van der Waals surface area contributed by atoms with Crippen molar-refractivity contribution in [3.63, 3.8) is 0 Å². The summed E-state index contributed by atoms with van der Waals surface area (Å²) in [5, 5.41) is 6.00. The molecule has 1 saturated heterocycles. The molecule has 0 aliphatic carbocycles. The molecule has 0 aromatic heterocycles. The number of hydrogen-bond acceptors (Lipinski definition) is 3. The zero-order valence-electron chi connectivity index (χ0n) is 9.88. The zero-order chi connectivity index (χ0) is 11.1. The van der Waals surface area contributed by atoms with Crippen molar-refractivity contribution in [1.29, 1.82) is 0 Å². The molecule has 0 aromatic carbocycles. The van der Waals surface area contributed by atoms with Gasteiger partial charge < -0.3 is 15.5 Å². The molecule has 1 heterocycles. The highest BCUT2D eigenvalue weighted by Crippen LogP contribution is 2.14. The molecule has 1 amide bonds. The molecule has 15 heavy (non-hydrogen) atoms. The predicted molar refractivity (Wildman–Crippen MR) is 61.8 cm³/mol. The van der Waals surface area contributed by atoms with Crippen molar-refractivity contribution in [2.45, 2.75) is 20.3 Å². The van der Waals surface area contributed by atoms with E-state index in [9.17, 15) is 4.79 Å². The van der Waals surface area contributed by atoms with Gasteiger partial charge in [0, 0.05) is 13.1 Å². The Labute approximate surface area is 92.4 Å². The molecule has 0 radical (unpaired) electrons. The van der Waals surface area contributed by atoms with E-state index in [2.05, 4.69) is 22.5 Å². The highest BCUT2D eigenvalue weighted by Gasteiger charge is 2.20. The molecule has 1 aliphatic rings. The molecule has 0 bridgehead atoms. The van der Waals surface area contributed by atoms with Crippen LogP contribution in [0.4, 0.5) is 0 Å². The Morgan fingerprint density at radius 1 is 1.47 bits per heavy atom. The van der Waals surface area contributed by atoms with Crippen LogP contribution in [-0.2, 0) is 4.79 Å². The first-order chi connectivity index (χ1) is 7.26. The maximum absolute atomic E-state index is 11.2. The van der Waals surface area contributed by atoms with Gasteiger partial charge in [-0.25, -0.2) is 0 Å². The number of nitrogens with one attached hydrogen (secondary N) is 2. The number of likely N-dealkylation sites (tertiary alicyclic amines) is 1. The van der Waals surface area contributed by atoms with Gasteiger partial charge in [0.1, 0.15) is 0 Å². The van der Waals surface area contributed by atoms with Gasteiger partial charge in [-0.15, -0.1) is 0 Å². The number of carbonyl (C=O) groups is 1. The summed E-state index contributed by atoms with van der Waals surface area (Å²) in [6.07, 6.45) is 1.26. The fraction of sp³-hybridized carbons (Fsp3) is 0.909. The lowest BCUT2D eigenvalue weighted by molar-refractivity contribution is -0.120. The minimum absolute atomic E-state index is 0.0999. The molecule has 1 unspecified atom stereocenters. The Hall–Kier alpha value is -0.610. The number of hydrogen-bond donors (Lipinski definition) is 2. The molecular formula is C11H23N3O. The molecule has 0 spiro atoms. The summed E-state index contributed by atoms with van der Waals surface area (Å²) in [7, 11) is 0. The van der Waals surface area contributed by atoms with Gasteiger partial charge in [-0.05, 0) is 38.9 Å². The molecule has 1 atom stereocenters. The van der Waals surface area contributed by atoms with Gasteiger partial charge >= 0.3 is 0 Å². The topological polar surface area (TPSA) is 44.4 Å². The minimum atomic E-state index is 0.0999. The summed E-state index contributed by atoms with van der Waals surface area (Å²) in [4.78, 5) is 13.6. The number of amides is 1. The van der Waals surface area contributed by atoms with E-state index in [1.54, 1.807) is 0 Å². The Morgan fingerprint density at radius 3 is 2.87 bits per heavy atom. The summed E-state index contributed by atoms with van der Waals surface area (Å²) >= 11 is 0. The first-order valence-corrected chi connectivity index (χ1v) is 5.96. The lowest BCUT2D eigenvalue weighted by atomic mass is 10.1. The van der Waals surface area contributed by atoms with Crippen LogP contribution < -0.4 is 10.6 Å². The molecule has 4 heteroatoms. The quantitative estimate of drug-likeness (QED) is 0.655. The number of rotatable bonds is 6. The van der Waals surface area contributed by atoms with Crippen molar-refractivity contribution >= 4 is 5.91 Å². The molecule has 2 N–H and O–H groups in total. The van der Waals surface area contributed by atoms with E-state index in [0.29, 0.717) is 13.1 Å². The molecular weight excluding hydrogens is 190 g/mol. The first kappa shape index (κ1) is 12.5. The van der Waals surface area contributed by atoms with Crippen LogP contribution in [0.2, 0.25) is 0 Å². The van der Waals surface area contributed by atoms with Crippen LogP contribution in [0, 0.1) is 5.92 Å². The van der Waals surface area contributed by atoms with Crippen molar-refractivity contribution < 1.29 is 4.79 Å². The van der Waals surface area contributed by atoms with Gasteiger partial charge in [0.25, 0.3) is 0 Å². The third kappa shape index (κ3) is 4.62. The maximum atomic E-state index is 11.2. The van der Waals surface area contributed by atoms with Crippen LogP contribution in [0.15, 0.2) is 0 Å². The van der Waals surface area contributed by atoms with Gasteiger partial charge in [-0.1, -0.05) is 6.92 Å². The highest BCUT2D eigenvalue weighted by molar-refractivity contribution is 5.77. The first-order valence-electron chi connectivity index (χ1n) is 5.96. The normalized spacial score (nSPS) is 21.9. The second-order valence-corrected chi connectivity index (χ2v) is 4.13. The predicted octanol–water partition coefficient (Wildman–Crippen LogP) is 0.0539. The molecule has 88 valence electrons. The summed E-state index contributed by atoms with van der Waals surface area (Å²) in [5.74, 6) is 0.822. The fourth-order valence-corrected chi connectivity index (χ4v) is 2.02. The van der Waals surface area contributed by atoms with Gasteiger partial charge in [0.05, 0.1) is 6.54 Å². The van der Waals surface area contributed by atoms with Crippen molar-refractivity contribution in [2.75, 3.05) is 39.3 Å². The van der Waals surface area contributed by atoms with E-state index in [-0.39, 0.29) is 5.91 Å². The van der Waals surface area contributed by atoms with E-state index >= 15 is 0 Å². The number of nitrogens with zero attached hydrogens (tertiary/aromatic N) is 1. The monoisotopic (exact) mass is 213 g/mol. The Balaban J connectivity index is 2.03. The SMILES string of the molecule is CCNC(=O)CNCC1CCN(CC)C1. The third-order valence-electron chi connectivity index (χ3n) is 2.91. The van der Waals surface area contributed by atoms with E-state index in [1.165, 1.54) is 19.5 Å². The summed E-state index contributed by atoms with van der Waals surface area (Å²) in [6.45, 7) is 9.81. The molecule has 1 fully saturated rings. The van der Waals surface area contributed by atoms with Crippen LogP contribution in [0.25, 0.3) is 0 Å². The van der Waals surface area contributed by atoms with Crippen LogP contribution in [0.5, 0.6) is 0 Å². The van der Waals surface area contributed by atoms with Crippen molar-refractivity contribution in [2.24, 2.45) is 5.92 Å². The van der Waals surface area contributed by atoms with E-state index < -0.39 is 0 Å². The van der Waals surface area contributed by atoms with Crippen LogP contribution >= 0.6 is 0 Å². The van der Waals surface area contributed by atoms with E-state index in [1.807, 2.05) is 6.92 Å². The van der Waals surface area contributed by atoms with E-state index in [4.69, 9.17) is 0 Å². The number of likely N-dealkylation sites (N-methyl/N-ethyl adjacent to an activating group) is 1. The van der Waals surface area contributed by atoms with Gasteiger partial charge in [-0.3, -0.25) is 4.79 Å². The van der Waals surface area contributed by atoms with Gasteiger partial charge in [0.2, 0.25) is 5.91 Å². The summed E-state index contributed by atoms with van der Waals surface area (Å²) in [6, 6.07) is 0. The molecule has 0 aromatic rings. The summed E-state index contributed by atoms with van der Waals surface area (Å²) < 4.78 is 0. The Kier molecular flexibility index (Phi) is 5.65. The average Bonchev–Trinajstić information content (AvgIpc) is 2.66. The lowest BCUT2D eigenvalue weighted by Crippen LogP contribution is -2.36. The third-order valence-corrected chi connectivity index (χ3v) is 2.91. The molecule has 1 aliphatic heterocycles. The fourth-order valence-electron chi connectivity index (χ4n) is 2.02. The smallest absolute Gasteiger partial charge is 0.233 e. The minimum Gasteiger partial charge on any atom is -0.355 e. The standard InChI is InChI=1S/C11H23N3O/c1-3-13-11(15)8-12-7-10-5-6-14(4-2)9-10/h10,12H,3-9H2,1-2H3,(H,13,15). The highest BCUT2D eigenvalue weighted by atomic mass is 16.1. The summed E-state index contributed by atoms with van der Waals surface area (Å²) in [5.41, 5.74) is 0. The largest absolute Gasteiger partial charge is 0.355 e. The van der Waals surface area contributed by atoms with Crippen LogP contribution in [0.3, 0.4) is 0 Å². The number of carbonyl (C=O) groups excluding carboxylic acids is 1. The second-order valence-electron chi connectivity index (χ2n) is 4.13. The van der Waals surface area contributed by atoms with Crippen molar-refractivity contribution in [3.05, 3.63) is 0 Å². The van der Waals surface area contributed by atoms with Crippen LogP contribution in [-0.4, -0.2) is 50.1 Å². The molecule has 1 rings (SSSR count). The van der Waals surface area contributed by atoms with Gasteiger partial charge in [0.15, 0.2) is 0 Å².